The minimum Gasteiger partial charge on any atom is -0.496 e. The van der Waals surface area contributed by atoms with Crippen LogP contribution in [0.2, 0.25) is 0 Å². The number of pyridine rings is 1. The van der Waals surface area contributed by atoms with Gasteiger partial charge in [-0.25, -0.2) is 0 Å². The van der Waals surface area contributed by atoms with E-state index in [9.17, 15) is 4.79 Å². The molecule has 3 N–H and O–H groups in total. The summed E-state index contributed by atoms with van der Waals surface area (Å²) in [5, 5.41) is 12.2. The van der Waals surface area contributed by atoms with Crippen molar-refractivity contribution in [2.45, 2.75) is 19.4 Å². The van der Waals surface area contributed by atoms with Crippen LogP contribution < -0.4 is 15.8 Å². The first-order chi connectivity index (χ1) is 9.12. The zero-order valence-electron chi connectivity index (χ0n) is 10.8. The first-order valence-corrected chi connectivity index (χ1v) is 6.05. The summed E-state index contributed by atoms with van der Waals surface area (Å²) in [4.78, 5) is 15.3. The van der Waals surface area contributed by atoms with Crippen LogP contribution >= 0.6 is 0 Å². The van der Waals surface area contributed by atoms with Crippen molar-refractivity contribution < 1.29 is 9.53 Å². The molecule has 0 saturated heterocycles. The molecule has 1 fully saturated rings. The van der Waals surface area contributed by atoms with Gasteiger partial charge in [-0.05, 0) is 18.9 Å². The molecule has 1 saturated carbocycles. The smallest absolute Gasteiger partial charge is 0.267 e. The van der Waals surface area contributed by atoms with Gasteiger partial charge < -0.3 is 15.8 Å². The number of rotatable bonds is 6. The van der Waals surface area contributed by atoms with E-state index >= 15 is 0 Å². The predicted octanol–water partition coefficient (Wildman–Crippen LogP) is 0.582. The Kier molecular flexibility index (Phi) is 3.67. The van der Waals surface area contributed by atoms with Gasteiger partial charge in [0.1, 0.15) is 11.4 Å². The van der Waals surface area contributed by atoms with Gasteiger partial charge in [0.2, 0.25) is 0 Å². The number of primary amides is 1. The molecule has 1 amide bonds. The second kappa shape index (κ2) is 5.24. The van der Waals surface area contributed by atoms with E-state index in [0.717, 1.165) is 12.8 Å². The molecular formula is C13H16N4O2. The third-order valence-electron chi connectivity index (χ3n) is 3.32. The molecule has 0 spiro atoms. The van der Waals surface area contributed by atoms with Crippen molar-refractivity contribution in [3.63, 3.8) is 0 Å². The summed E-state index contributed by atoms with van der Waals surface area (Å²) in [5.74, 6) is -0.0183. The number of aromatic nitrogens is 1. The number of hydrogen-bond donors (Lipinski definition) is 2. The highest BCUT2D eigenvalue weighted by molar-refractivity contribution is 5.92. The quantitative estimate of drug-likeness (QED) is 0.779. The van der Waals surface area contributed by atoms with E-state index in [4.69, 9.17) is 15.7 Å². The summed E-state index contributed by atoms with van der Waals surface area (Å²) in [6, 6.07) is 3.98. The zero-order chi connectivity index (χ0) is 13.9. The van der Waals surface area contributed by atoms with Gasteiger partial charge in [-0.2, -0.15) is 5.26 Å². The van der Waals surface area contributed by atoms with Gasteiger partial charge in [0.05, 0.1) is 18.6 Å². The van der Waals surface area contributed by atoms with E-state index in [1.165, 1.54) is 13.3 Å². The van der Waals surface area contributed by atoms with Crippen molar-refractivity contribution in [1.29, 1.82) is 5.26 Å². The maximum atomic E-state index is 11.3. The maximum Gasteiger partial charge on any atom is 0.267 e. The number of hydrogen-bond acceptors (Lipinski definition) is 5. The molecule has 0 bridgehead atoms. The van der Waals surface area contributed by atoms with Gasteiger partial charge in [-0.1, -0.05) is 0 Å². The largest absolute Gasteiger partial charge is 0.496 e. The molecule has 2 rings (SSSR count). The van der Waals surface area contributed by atoms with Crippen molar-refractivity contribution >= 4 is 5.91 Å². The van der Waals surface area contributed by atoms with Gasteiger partial charge in [0.25, 0.3) is 5.91 Å². The van der Waals surface area contributed by atoms with Crippen LogP contribution in [0.5, 0.6) is 5.75 Å². The number of carbonyl (C=O) groups excluding carboxylic acids is 1. The normalized spacial score (nSPS) is 15.6. The predicted molar refractivity (Wildman–Crippen MR) is 68.3 cm³/mol. The molecular weight excluding hydrogens is 244 g/mol. The summed E-state index contributed by atoms with van der Waals surface area (Å²) < 4.78 is 5.21. The maximum absolute atomic E-state index is 11.3. The van der Waals surface area contributed by atoms with E-state index in [-0.39, 0.29) is 11.1 Å². The number of carbonyl (C=O) groups is 1. The summed E-state index contributed by atoms with van der Waals surface area (Å²) in [6.45, 7) is 0.998. The Morgan fingerprint density at radius 1 is 1.68 bits per heavy atom. The molecule has 19 heavy (non-hydrogen) atoms. The molecule has 1 aromatic heterocycles. The number of amides is 1. The van der Waals surface area contributed by atoms with Crippen LogP contribution in [0.3, 0.4) is 0 Å². The Balaban J connectivity index is 2.10. The Bertz CT molecular complexity index is 532. The van der Waals surface area contributed by atoms with E-state index in [2.05, 4.69) is 16.4 Å². The van der Waals surface area contributed by atoms with Crippen LogP contribution in [-0.2, 0) is 6.54 Å². The molecule has 0 unspecified atom stereocenters. The number of ether oxygens (including phenoxy) is 1. The highest BCUT2D eigenvalue weighted by Crippen LogP contribution is 2.44. The summed E-state index contributed by atoms with van der Waals surface area (Å²) >= 11 is 0. The molecule has 0 aliphatic heterocycles. The fraction of sp³-hybridized carbons (Fsp3) is 0.462. The first-order valence-electron chi connectivity index (χ1n) is 6.05. The van der Waals surface area contributed by atoms with Crippen LogP contribution in [0, 0.1) is 16.7 Å². The number of nitrogens with one attached hydrogen (secondary N) is 1. The van der Waals surface area contributed by atoms with Gasteiger partial charge in [0, 0.05) is 24.8 Å². The molecule has 1 aliphatic rings. The summed E-state index contributed by atoms with van der Waals surface area (Å²) in [7, 11) is 1.53. The van der Waals surface area contributed by atoms with E-state index in [1.807, 2.05) is 0 Å². The van der Waals surface area contributed by atoms with Crippen molar-refractivity contribution in [3.05, 3.63) is 23.5 Å². The van der Waals surface area contributed by atoms with Gasteiger partial charge in [-0.15, -0.1) is 0 Å². The second-order valence-electron chi connectivity index (χ2n) is 4.70. The molecule has 6 nitrogen and oxygen atoms in total. The van der Waals surface area contributed by atoms with E-state index in [0.29, 0.717) is 24.4 Å². The monoisotopic (exact) mass is 260 g/mol. The molecule has 1 aromatic rings. The fourth-order valence-electron chi connectivity index (χ4n) is 1.95. The summed E-state index contributed by atoms with van der Waals surface area (Å²) in [6.07, 6.45) is 3.33. The Morgan fingerprint density at radius 2 is 2.42 bits per heavy atom. The van der Waals surface area contributed by atoms with Crippen molar-refractivity contribution in [2.24, 2.45) is 11.1 Å². The zero-order valence-corrected chi connectivity index (χ0v) is 10.8. The lowest BCUT2D eigenvalue weighted by atomic mass is 10.1. The van der Waals surface area contributed by atoms with Crippen molar-refractivity contribution in [2.75, 3.05) is 13.7 Å². The lowest BCUT2D eigenvalue weighted by Crippen LogP contribution is -2.25. The summed E-state index contributed by atoms with van der Waals surface area (Å²) in [5.41, 5.74) is 5.90. The molecule has 6 heteroatoms. The molecule has 1 heterocycles. The highest BCUT2D eigenvalue weighted by Gasteiger charge is 2.42. The lowest BCUT2D eigenvalue weighted by molar-refractivity contribution is 0.0994. The topological polar surface area (TPSA) is 101 Å². The van der Waals surface area contributed by atoms with Gasteiger partial charge in [-0.3, -0.25) is 9.78 Å². The van der Waals surface area contributed by atoms with E-state index in [1.54, 1.807) is 6.07 Å². The van der Waals surface area contributed by atoms with E-state index < -0.39 is 5.91 Å². The molecule has 100 valence electrons. The minimum absolute atomic E-state index is 0.202. The molecule has 0 radical (unpaired) electrons. The first kappa shape index (κ1) is 13.3. The average Bonchev–Trinajstić information content (AvgIpc) is 3.19. The van der Waals surface area contributed by atoms with Crippen LogP contribution in [-0.4, -0.2) is 24.5 Å². The molecule has 1 aliphatic carbocycles. The lowest BCUT2D eigenvalue weighted by Gasteiger charge is -2.13. The minimum atomic E-state index is -0.586. The molecule has 0 atom stereocenters. The third kappa shape index (κ3) is 2.83. The number of methoxy groups -OCH3 is 1. The van der Waals surface area contributed by atoms with Crippen LogP contribution in [0.15, 0.2) is 12.3 Å². The SMILES string of the molecule is COc1ccnc(C(N)=O)c1CNCC1(C#N)CC1. The number of nitrogens with two attached hydrogens (primary N) is 1. The average molecular weight is 260 g/mol. The fourth-order valence-corrected chi connectivity index (χ4v) is 1.95. The van der Waals surface area contributed by atoms with Crippen molar-refractivity contribution in [1.82, 2.24) is 10.3 Å². The Morgan fingerprint density at radius 3 is 2.95 bits per heavy atom. The number of nitriles is 1. The molecule has 0 aromatic carbocycles. The van der Waals surface area contributed by atoms with Crippen LogP contribution in [0.4, 0.5) is 0 Å². The second-order valence-corrected chi connectivity index (χ2v) is 4.70. The van der Waals surface area contributed by atoms with Gasteiger partial charge in [0.15, 0.2) is 0 Å². The third-order valence-corrected chi connectivity index (χ3v) is 3.32. The van der Waals surface area contributed by atoms with Crippen LogP contribution in [0.25, 0.3) is 0 Å². The van der Waals surface area contributed by atoms with Gasteiger partial charge >= 0.3 is 0 Å². The van der Waals surface area contributed by atoms with Crippen molar-refractivity contribution in [3.8, 4) is 11.8 Å². The highest BCUT2D eigenvalue weighted by atomic mass is 16.5. The Hall–Kier alpha value is -2.13. The van der Waals surface area contributed by atoms with Crippen LogP contribution in [0.1, 0.15) is 28.9 Å². The Labute approximate surface area is 111 Å². The number of nitrogens with zero attached hydrogens (tertiary/aromatic N) is 2. The standard InChI is InChI=1S/C13H16N4O2/c1-19-10-2-5-17-11(12(15)18)9(10)6-16-8-13(7-14)3-4-13/h2,5,16H,3-4,6,8H2,1H3,(H2,15,18).